The van der Waals surface area contributed by atoms with Crippen molar-refractivity contribution in [2.75, 3.05) is 39.8 Å². The average Bonchev–Trinajstić information content (AvgIpc) is 3.15. The molecular weight excluding hydrogens is 298 g/mol. The zero-order valence-electron chi connectivity index (χ0n) is 13.7. The SMILES string of the molecule is CNCC(c1[nH]c(C)nc1Cl)N1CCN(C2CCCC2)CC1. The summed E-state index contributed by atoms with van der Waals surface area (Å²) in [5.74, 6) is 0.894. The number of piperazine rings is 1. The van der Waals surface area contributed by atoms with Crippen molar-refractivity contribution in [1.29, 1.82) is 0 Å². The predicted octanol–water partition coefficient (Wildman–Crippen LogP) is 2.19. The van der Waals surface area contributed by atoms with E-state index >= 15 is 0 Å². The Morgan fingerprint density at radius 1 is 1.27 bits per heavy atom. The molecule has 6 heteroatoms. The number of halogens is 1. The number of aromatic nitrogens is 2. The van der Waals surface area contributed by atoms with Crippen molar-refractivity contribution >= 4 is 11.6 Å². The first-order valence-electron chi connectivity index (χ1n) is 8.53. The lowest BCUT2D eigenvalue weighted by molar-refractivity contribution is 0.0691. The Labute approximate surface area is 138 Å². The van der Waals surface area contributed by atoms with E-state index in [1.807, 2.05) is 14.0 Å². The van der Waals surface area contributed by atoms with E-state index in [1.54, 1.807) is 0 Å². The third-order valence-electron chi connectivity index (χ3n) is 5.17. The van der Waals surface area contributed by atoms with Gasteiger partial charge in [0.05, 0.1) is 11.7 Å². The normalized spacial score (nSPS) is 23.2. The van der Waals surface area contributed by atoms with Crippen molar-refractivity contribution in [3.05, 3.63) is 16.7 Å². The molecule has 2 N–H and O–H groups in total. The quantitative estimate of drug-likeness (QED) is 0.871. The van der Waals surface area contributed by atoms with Crippen LogP contribution in [0.15, 0.2) is 0 Å². The third-order valence-corrected chi connectivity index (χ3v) is 5.45. The van der Waals surface area contributed by atoms with Crippen molar-refractivity contribution in [3.8, 4) is 0 Å². The molecule has 2 aliphatic rings. The molecule has 1 aliphatic carbocycles. The van der Waals surface area contributed by atoms with Gasteiger partial charge in [-0.25, -0.2) is 4.98 Å². The summed E-state index contributed by atoms with van der Waals surface area (Å²) in [7, 11) is 2.00. The molecular formula is C16H28ClN5. The maximum absolute atomic E-state index is 6.32. The van der Waals surface area contributed by atoms with E-state index in [-0.39, 0.29) is 6.04 Å². The largest absolute Gasteiger partial charge is 0.343 e. The van der Waals surface area contributed by atoms with Crippen LogP contribution < -0.4 is 5.32 Å². The van der Waals surface area contributed by atoms with E-state index in [0.717, 1.165) is 37.2 Å². The number of aromatic amines is 1. The molecule has 2 fully saturated rings. The minimum Gasteiger partial charge on any atom is -0.343 e. The third kappa shape index (κ3) is 3.48. The topological polar surface area (TPSA) is 47.2 Å². The van der Waals surface area contributed by atoms with Gasteiger partial charge in [0.15, 0.2) is 5.15 Å². The number of hydrogen-bond acceptors (Lipinski definition) is 4. The summed E-state index contributed by atoms with van der Waals surface area (Å²) in [6.45, 7) is 7.42. The molecule has 0 radical (unpaired) electrons. The molecule has 124 valence electrons. The van der Waals surface area contributed by atoms with Crippen LogP contribution in [0.25, 0.3) is 0 Å². The molecule has 2 heterocycles. The number of imidazole rings is 1. The summed E-state index contributed by atoms with van der Waals surface area (Å²) in [6, 6.07) is 1.12. The first kappa shape index (κ1) is 16.2. The number of nitrogens with one attached hydrogen (secondary N) is 2. The van der Waals surface area contributed by atoms with Gasteiger partial charge in [-0.15, -0.1) is 0 Å². The summed E-state index contributed by atoms with van der Waals surface area (Å²) in [5, 5.41) is 3.93. The molecule has 1 atom stereocenters. The highest BCUT2D eigenvalue weighted by atomic mass is 35.5. The number of aryl methyl sites for hydroxylation is 1. The fourth-order valence-corrected chi connectivity index (χ4v) is 4.29. The van der Waals surface area contributed by atoms with Gasteiger partial charge in [0.2, 0.25) is 0 Å². The lowest BCUT2D eigenvalue weighted by Gasteiger charge is -2.41. The molecule has 3 rings (SSSR count). The molecule has 22 heavy (non-hydrogen) atoms. The van der Waals surface area contributed by atoms with Crippen molar-refractivity contribution in [2.24, 2.45) is 0 Å². The van der Waals surface area contributed by atoms with E-state index in [2.05, 4.69) is 25.1 Å². The second-order valence-corrected chi connectivity index (χ2v) is 6.97. The minimum atomic E-state index is 0.282. The van der Waals surface area contributed by atoms with E-state index in [0.29, 0.717) is 5.15 Å². The van der Waals surface area contributed by atoms with Gasteiger partial charge in [-0.05, 0) is 26.8 Å². The van der Waals surface area contributed by atoms with Crippen LogP contribution in [-0.2, 0) is 0 Å². The van der Waals surface area contributed by atoms with Crippen LogP contribution in [0.3, 0.4) is 0 Å². The van der Waals surface area contributed by atoms with Gasteiger partial charge < -0.3 is 10.3 Å². The van der Waals surface area contributed by atoms with Crippen molar-refractivity contribution in [2.45, 2.75) is 44.7 Å². The molecule has 1 aromatic heterocycles. The first-order valence-corrected chi connectivity index (χ1v) is 8.91. The van der Waals surface area contributed by atoms with Crippen LogP contribution in [-0.4, -0.2) is 65.6 Å². The second kappa shape index (κ2) is 7.30. The van der Waals surface area contributed by atoms with Crippen molar-refractivity contribution in [1.82, 2.24) is 25.1 Å². The van der Waals surface area contributed by atoms with E-state index in [1.165, 1.54) is 38.8 Å². The molecule has 1 aromatic rings. The lowest BCUT2D eigenvalue weighted by Crippen LogP contribution is -2.51. The summed E-state index contributed by atoms with van der Waals surface area (Å²) in [5.41, 5.74) is 1.06. The van der Waals surface area contributed by atoms with Gasteiger partial charge >= 0.3 is 0 Å². The molecule has 0 bridgehead atoms. The smallest absolute Gasteiger partial charge is 0.152 e. The molecule has 5 nitrogen and oxygen atoms in total. The fraction of sp³-hybridized carbons (Fsp3) is 0.812. The second-order valence-electron chi connectivity index (χ2n) is 6.61. The molecule has 0 spiro atoms. The maximum atomic E-state index is 6.32. The number of rotatable bonds is 5. The van der Waals surface area contributed by atoms with E-state index < -0.39 is 0 Å². The maximum Gasteiger partial charge on any atom is 0.152 e. The summed E-state index contributed by atoms with van der Waals surface area (Å²) >= 11 is 6.32. The summed E-state index contributed by atoms with van der Waals surface area (Å²) < 4.78 is 0. The molecule has 0 amide bonds. The van der Waals surface area contributed by atoms with Gasteiger partial charge in [0.25, 0.3) is 0 Å². The number of likely N-dealkylation sites (N-methyl/N-ethyl adjacent to an activating group) is 1. The monoisotopic (exact) mass is 325 g/mol. The molecule has 1 saturated heterocycles. The molecule has 1 aliphatic heterocycles. The van der Waals surface area contributed by atoms with E-state index in [9.17, 15) is 0 Å². The summed E-state index contributed by atoms with van der Waals surface area (Å²) in [4.78, 5) is 12.9. The van der Waals surface area contributed by atoms with Gasteiger partial charge in [-0.2, -0.15) is 0 Å². The van der Waals surface area contributed by atoms with Gasteiger partial charge in [-0.1, -0.05) is 24.4 Å². The van der Waals surface area contributed by atoms with Crippen LogP contribution in [0.4, 0.5) is 0 Å². The minimum absolute atomic E-state index is 0.282. The van der Waals surface area contributed by atoms with Gasteiger partial charge in [0, 0.05) is 38.8 Å². The first-order chi connectivity index (χ1) is 10.7. The Bertz CT molecular complexity index is 475. The standard InChI is InChI=1S/C16H28ClN5/c1-12-19-15(16(17)20-12)14(11-18-2)22-9-7-21(8-10-22)13-5-3-4-6-13/h13-14,18H,3-11H2,1-2H3,(H,19,20). The zero-order chi connectivity index (χ0) is 15.5. The highest BCUT2D eigenvalue weighted by Crippen LogP contribution is 2.29. The predicted molar refractivity (Wildman–Crippen MR) is 90.4 cm³/mol. The average molecular weight is 326 g/mol. The highest BCUT2D eigenvalue weighted by Gasteiger charge is 2.31. The van der Waals surface area contributed by atoms with Crippen LogP contribution >= 0.6 is 11.6 Å². The van der Waals surface area contributed by atoms with E-state index in [4.69, 9.17) is 11.6 Å². The van der Waals surface area contributed by atoms with Gasteiger partial charge in [-0.3, -0.25) is 9.80 Å². The van der Waals surface area contributed by atoms with Crippen LogP contribution in [0.2, 0.25) is 5.15 Å². The Balaban J connectivity index is 1.64. The fourth-order valence-electron chi connectivity index (χ4n) is 3.99. The van der Waals surface area contributed by atoms with Crippen LogP contribution in [0.1, 0.15) is 43.2 Å². The van der Waals surface area contributed by atoms with Crippen LogP contribution in [0.5, 0.6) is 0 Å². The number of nitrogens with zero attached hydrogens (tertiary/aromatic N) is 3. The molecule has 0 aromatic carbocycles. The van der Waals surface area contributed by atoms with Gasteiger partial charge in [0.1, 0.15) is 5.82 Å². The number of hydrogen-bond donors (Lipinski definition) is 2. The Hall–Kier alpha value is -0.620. The molecule has 1 saturated carbocycles. The summed E-state index contributed by atoms with van der Waals surface area (Å²) in [6.07, 6.45) is 5.61. The number of H-pyrrole nitrogens is 1. The molecule has 1 unspecified atom stereocenters. The lowest BCUT2D eigenvalue weighted by atomic mass is 10.1. The van der Waals surface area contributed by atoms with Crippen molar-refractivity contribution in [3.63, 3.8) is 0 Å². The van der Waals surface area contributed by atoms with Crippen LogP contribution in [0, 0.1) is 6.92 Å². The Morgan fingerprint density at radius 2 is 1.95 bits per heavy atom. The van der Waals surface area contributed by atoms with Crippen molar-refractivity contribution < 1.29 is 0 Å². The highest BCUT2D eigenvalue weighted by molar-refractivity contribution is 6.30. The zero-order valence-corrected chi connectivity index (χ0v) is 14.5. The Kier molecular flexibility index (Phi) is 5.39. The Morgan fingerprint density at radius 3 is 2.50 bits per heavy atom.